The Bertz CT molecular complexity index is 1000. The van der Waals surface area contributed by atoms with Gasteiger partial charge in [0.25, 0.3) is 0 Å². The van der Waals surface area contributed by atoms with E-state index in [9.17, 15) is 9.59 Å². The van der Waals surface area contributed by atoms with Crippen LogP contribution in [-0.4, -0.2) is 18.4 Å². The quantitative estimate of drug-likeness (QED) is 0.468. The summed E-state index contributed by atoms with van der Waals surface area (Å²) in [5.41, 5.74) is 3.66. The highest BCUT2D eigenvalue weighted by Crippen LogP contribution is 2.42. The summed E-state index contributed by atoms with van der Waals surface area (Å²) in [6.07, 6.45) is 0.916. The Labute approximate surface area is 161 Å². The standard InChI is InChI=1S/C22H18O4S/c1-2-14-7-9-15(10-8-14)18(23)13-26-22(24)20-11-16-12-25-19-6-4-3-5-17(19)21(16)27-20/h3-11H,2,12-13H2,1H3. The van der Waals surface area contributed by atoms with E-state index in [-0.39, 0.29) is 12.4 Å². The highest BCUT2D eigenvalue weighted by atomic mass is 32.1. The van der Waals surface area contributed by atoms with Crippen molar-refractivity contribution in [3.8, 4) is 16.2 Å². The summed E-state index contributed by atoms with van der Waals surface area (Å²) >= 11 is 1.37. The van der Waals surface area contributed by atoms with Crippen LogP contribution in [0, 0.1) is 0 Å². The minimum absolute atomic E-state index is 0.207. The summed E-state index contributed by atoms with van der Waals surface area (Å²) in [4.78, 5) is 26.1. The second-order valence-electron chi connectivity index (χ2n) is 6.30. The number of Topliss-reactive ketones (excluding diaryl/α,β-unsaturated/α-hetero) is 1. The van der Waals surface area contributed by atoms with Crippen LogP contribution in [0.15, 0.2) is 54.6 Å². The molecule has 0 saturated carbocycles. The molecule has 136 valence electrons. The summed E-state index contributed by atoms with van der Waals surface area (Å²) in [6, 6.07) is 16.9. The number of hydrogen-bond donors (Lipinski definition) is 0. The second-order valence-corrected chi connectivity index (χ2v) is 7.35. The van der Waals surface area contributed by atoms with Crippen LogP contribution in [-0.2, 0) is 17.8 Å². The predicted molar refractivity (Wildman–Crippen MR) is 105 cm³/mol. The Hall–Kier alpha value is -2.92. The molecule has 0 spiro atoms. The first-order valence-corrected chi connectivity index (χ1v) is 9.61. The first-order chi connectivity index (χ1) is 13.2. The molecule has 4 rings (SSSR count). The lowest BCUT2D eigenvalue weighted by molar-refractivity contribution is 0.0479. The largest absolute Gasteiger partial charge is 0.488 e. The molecule has 0 N–H and O–H groups in total. The number of hydrogen-bond acceptors (Lipinski definition) is 5. The number of ketones is 1. The van der Waals surface area contributed by atoms with Crippen LogP contribution in [0.25, 0.3) is 10.4 Å². The minimum Gasteiger partial charge on any atom is -0.488 e. The number of esters is 1. The van der Waals surface area contributed by atoms with Gasteiger partial charge in [0, 0.05) is 21.6 Å². The van der Waals surface area contributed by atoms with Crippen LogP contribution in [0.5, 0.6) is 5.75 Å². The van der Waals surface area contributed by atoms with Gasteiger partial charge in [-0.3, -0.25) is 4.79 Å². The molecule has 2 aromatic carbocycles. The van der Waals surface area contributed by atoms with Gasteiger partial charge in [-0.15, -0.1) is 11.3 Å². The van der Waals surface area contributed by atoms with Crippen molar-refractivity contribution in [2.45, 2.75) is 20.0 Å². The highest BCUT2D eigenvalue weighted by molar-refractivity contribution is 7.17. The van der Waals surface area contributed by atoms with Gasteiger partial charge in [-0.1, -0.05) is 43.3 Å². The summed E-state index contributed by atoms with van der Waals surface area (Å²) in [7, 11) is 0. The fourth-order valence-electron chi connectivity index (χ4n) is 3.01. The average Bonchev–Trinajstić information content (AvgIpc) is 3.17. The normalized spacial score (nSPS) is 11.9. The van der Waals surface area contributed by atoms with Crippen LogP contribution in [0.4, 0.5) is 0 Å². The van der Waals surface area contributed by atoms with Gasteiger partial charge in [-0.25, -0.2) is 4.79 Å². The van der Waals surface area contributed by atoms with Gasteiger partial charge >= 0.3 is 5.97 Å². The third-order valence-electron chi connectivity index (χ3n) is 4.54. The molecule has 0 radical (unpaired) electrons. The maximum Gasteiger partial charge on any atom is 0.348 e. The molecule has 0 saturated heterocycles. The minimum atomic E-state index is -0.481. The van der Waals surface area contributed by atoms with Gasteiger partial charge in [0.2, 0.25) is 0 Å². The maximum atomic E-state index is 12.4. The molecule has 0 fully saturated rings. The zero-order valence-corrected chi connectivity index (χ0v) is 15.7. The van der Waals surface area contributed by atoms with Crippen LogP contribution in [0.2, 0.25) is 0 Å². The number of para-hydroxylation sites is 1. The number of rotatable bonds is 5. The van der Waals surface area contributed by atoms with Crippen molar-refractivity contribution in [1.82, 2.24) is 0 Å². The lowest BCUT2D eigenvalue weighted by atomic mass is 10.1. The zero-order valence-electron chi connectivity index (χ0n) is 14.9. The van der Waals surface area contributed by atoms with Crippen molar-refractivity contribution >= 4 is 23.1 Å². The van der Waals surface area contributed by atoms with E-state index in [0.717, 1.165) is 33.7 Å². The molecule has 1 aromatic heterocycles. The van der Waals surface area contributed by atoms with E-state index in [2.05, 4.69) is 6.92 Å². The first-order valence-electron chi connectivity index (χ1n) is 8.80. The number of fused-ring (bicyclic) bond motifs is 3. The molecule has 0 aliphatic carbocycles. The number of carbonyl (C=O) groups excluding carboxylic acids is 2. The van der Waals surface area contributed by atoms with E-state index in [1.807, 2.05) is 36.4 Å². The van der Waals surface area contributed by atoms with Crippen molar-refractivity contribution in [2.75, 3.05) is 6.61 Å². The Kier molecular flexibility index (Phi) is 4.77. The number of thiophene rings is 1. The van der Waals surface area contributed by atoms with Crippen molar-refractivity contribution in [1.29, 1.82) is 0 Å². The van der Waals surface area contributed by atoms with E-state index in [1.165, 1.54) is 11.3 Å². The van der Waals surface area contributed by atoms with Gasteiger partial charge < -0.3 is 9.47 Å². The lowest BCUT2D eigenvalue weighted by Gasteiger charge is -2.16. The number of carbonyl (C=O) groups is 2. The molecule has 4 nitrogen and oxygen atoms in total. The molecule has 3 aromatic rings. The predicted octanol–water partition coefficient (Wildman–Crippen LogP) is 4.91. The van der Waals surface area contributed by atoms with Gasteiger partial charge in [0.15, 0.2) is 12.4 Å². The summed E-state index contributed by atoms with van der Waals surface area (Å²) in [5, 5.41) is 0. The molecule has 1 aliphatic rings. The van der Waals surface area contributed by atoms with E-state index in [1.54, 1.807) is 18.2 Å². The van der Waals surface area contributed by atoms with Crippen LogP contribution in [0.3, 0.4) is 0 Å². The van der Waals surface area contributed by atoms with E-state index < -0.39 is 5.97 Å². The molecule has 27 heavy (non-hydrogen) atoms. The van der Waals surface area contributed by atoms with Crippen molar-refractivity contribution in [2.24, 2.45) is 0 Å². The fourth-order valence-corrected chi connectivity index (χ4v) is 4.10. The highest BCUT2D eigenvalue weighted by Gasteiger charge is 2.23. The third-order valence-corrected chi connectivity index (χ3v) is 5.73. The van der Waals surface area contributed by atoms with Crippen molar-refractivity contribution in [3.05, 3.63) is 76.2 Å². The zero-order chi connectivity index (χ0) is 18.8. The maximum absolute atomic E-state index is 12.4. The van der Waals surface area contributed by atoms with Gasteiger partial charge in [-0.05, 0) is 30.2 Å². The SMILES string of the molecule is CCc1ccc(C(=O)COC(=O)c2cc3c(s2)-c2ccccc2OC3)cc1. The Morgan fingerprint density at radius 3 is 2.67 bits per heavy atom. The smallest absolute Gasteiger partial charge is 0.348 e. The first kappa shape index (κ1) is 17.5. The van der Waals surface area contributed by atoms with Crippen LogP contribution in [0.1, 0.15) is 38.1 Å². The molecular formula is C22H18O4S. The lowest BCUT2D eigenvalue weighted by Crippen LogP contribution is -2.13. The van der Waals surface area contributed by atoms with Gasteiger partial charge in [0.05, 0.1) is 0 Å². The Balaban J connectivity index is 1.45. The molecule has 1 aliphatic heterocycles. The number of aryl methyl sites for hydroxylation is 1. The Morgan fingerprint density at radius 2 is 1.89 bits per heavy atom. The molecule has 5 heteroatoms. The summed E-state index contributed by atoms with van der Waals surface area (Å²) < 4.78 is 11.0. The summed E-state index contributed by atoms with van der Waals surface area (Å²) in [6.45, 7) is 2.22. The monoisotopic (exact) mass is 378 g/mol. The molecule has 0 bridgehead atoms. The topological polar surface area (TPSA) is 52.6 Å². The summed E-state index contributed by atoms with van der Waals surface area (Å²) in [5.74, 6) is 0.129. The van der Waals surface area contributed by atoms with Crippen LogP contribution < -0.4 is 4.74 Å². The van der Waals surface area contributed by atoms with Crippen molar-refractivity contribution in [3.63, 3.8) is 0 Å². The molecule has 0 amide bonds. The van der Waals surface area contributed by atoms with Gasteiger partial charge in [0.1, 0.15) is 17.2 Å². The van der Waals surface area contributed by atoms with Crippen LogP contribution >= 0.6 is 11.3 Å². The number of benzene rings is 2. The van der Waals surface area contributed by atoms with Gasteiger partial charge in [-0.2, -0.15) is 0 Å². The van der Waals surface area contributed by atoms with Crippen molar-refractivity contribution < 1.29 is 19.1 Å². The van der Waals surface area contributed by atoms with E-state index in [0.29, 0.717) is 17.0 Å². The third kappa shape index (κ3) is 3.51. The Morgan fingerprint density at radius 1 is 1.11 bits per heavy atom. The van der Waals surface area contributed by atoms with E-state index in [4.69, 9.17) is 9.47 Å². The molecule has 0 unspecified atom stereocenters. The number of ether oxygens (including phenoxy) is 2. The average molecular weight is 378 g/mol. The molecule has 2 heterocycles. The van der Waals surface area contributed by atoms with E-state index >= 15 is 0 Å². The molecular weight excluding hydrogens is 360 g/mol. The molecule has 0 atom stereocenters. The fraction of sp³-hybridized carbons (Fsp3) is 0.182. The second kappa shape index (κ2) is 7.37.